The van der Waals surface area contributed by atoms with Gasteiger partial charge in [-0.05, 0) is 45.1 Å². The number of nitrogens with zero attached hydrogens (tertiary/aromatic N) is 1. The molecule has 0 spiro atoms. The molecule has 0 saturated heterocycles. The summed E-state index contributed by atoms with van der Waals surface area (Å²) in [5.41, 5.74) is 7.92. The number of nitrogens with two attached hydrogens (primary N) is 1. The third kappa shape index (κ3) is 3.89. The molecule has 0 aliphatic heterocycles. The third-order valence-corrected chi connectivity index (χ3v) is 3.03. The van der Waals surface area contributed by atoms with Gasteiger partial charge in [0.15, 0.2) is 0 Å². The van der Waals surface area contributed by atoms with Crippen LogP contribution in [0, 0.1) is 6.92 Å². The van der Waals surface area contributed by atoms with Crippen molar-refractivity contribution in [2.75, 3.05) is 34.4 Å². The van der Waals surface area contributed by atoms with Gasteiger partial charge in [0.2, 0.25) is 0 Å². The molecule has 4 heteroatoms. The van der Waals surface area contributed by atoms with Crippen LogP contribution >= 0.6 is 0 Å². The molecule has 4 nitrogen and oxygen atoms in total. The van der Waals surface area contributed by atoms with Gasteiger partial charge in [-0.1, -0.05) is 0 Å². The number of ether oxygens (including phenoxy) is 2. The highest BCUT2D eigenvalue weighted by atomic mass is 16.5. The van der Waals surface area contributed by atoms with Gasteiger partial charge in [-0.3, -0.25) is 0 Å². The lowest BCUT2D eigenvalue weighted by Crippen LogP contribution is -2.22. The number of hydrogen-bond donors (Lipinski definition) is 1. The van der Waals surface area contributed by atoms with Crippen LogP contribution in [0.1, 0.15) is 17.5 Å². The number of hydrogen-bond acceptors (Lipinski definition) is 4. The average Bonchev–Trinajstić information content (AvgIpc) is 2.38. The first kappa shape index (κ1) is 14.8. The molecule has 1 aromatic carbocycles. The average molecular weight is 252 g/mol. The minimum absolute atomic E-state index is 0.725. The van der Waals surface area contributed by atoms with Crippen LogP contribution in [0.15, 0.2) is 12.1 Å². The van der Waals surface area contributed by atoms with Crippen molar-refractivity contribution in [1.82, 2.24) is 4.90 Å². The lowest BCUT2D eigenvalue weighted by molar-refractivity contribution is 0.313. The van der Waals surface area contributed by atoms with Crippen molar-refractivity contribution < 1.29 is 9.47 Å². The van der Waals surface area contributed by atoms with Crippen molar-refractivity contribution in [3.63, 3.8) is 0 Å². The van der Waals surface area contributed by atoms with Gasteiger partial charge in [-0.15, -0.1) is 0 Å². The van der Waals surface area contributed by atoms with Gasteiger partial charge in [0.1, 0.15) is 11.5 Å². The highest BCUT2D eigenvalue weighted by Gasteiger charge is 2.11. The molecule has 0 radical (unpaired) electrons. The van der Waals surface area contributed by atoms with E-state index in [2.05, 4.69) is 18.9 Å². The number of rotatable bonds is 7. The van der Waals surface area contributed by atoms with E-state index in [0.29, 0.717) is 0 Å². The summed E-state index contributed by atoms with van der Waals surface area (Å²) in [6, 6.07) is 3.97. The van der Waals surface area contributed by atoms with E-state index in [1.54, 1.807) is 14.2 Å². The van der Waals surface area contributed by atoms with Gasteiger partial charge in [-0.25, -0.2) is 0 Å². The molecule has 0 atom stereocenters. The molecule has 0 aromatic heterocycles. The number of aryl methyl sites for hydroxylation is 1. The summed E-state index contributed by atoms with van der Waals surface area (Å²) in [6.07, 6.45) is 1.01. The SMILES string of the molecule is COc1cc(C)c(CN(C)CCCN)c(OC)c1. The van der Waals surface area contributed by atoms with Crippen molar-refractivity contribution in [3.05, 3.63) is 23.3 Å². The van der Waals surface area contributed by atoms with Gasteiger partial charge in [-0.2, -0.15) is 0 Å². The molecule has 0 bridgehead atoms. The van der Waals surface area contributed by atoms with E-state index in [1.165, 1.54) is 11.1 Å². The fourth-order valence-electron chi connectivity index (χ4n) is 1.97. The molecule has 0 amide bonds. The van der Waals surface area contributed by atoms with Crippen molar-refractivity contribution in [1.29, 1.82) is 0 Å². The van der Waals surface area contributed by atoms with E-state index >= 15 is 0 Å². The smallest absolute Gasteiger partial charge is 0.127 e. The second kappa shape index (κ2) is 7.24. The molecular weight excluding hydrogens is 228 g/mol. The first-order valence-corrected chi connectivity index (χ1v) is 6.22. The van der Waals surface area contributed by atoms with Crippen LogP contribution in [0.3, 0.4) is 0 Å². The molecule has 0 fully saturated rings. The van der Waals surface area contributed by atoms with Crippen LogP contribution < -0.4 is 15.2 Å². The lowest BCUT2D eigenvalue weighted by atomic mass is 10.1. The van der Waals surface area contributed by atoms with E-state index in [-0.39, 0.29) is 0 Å². The highest BCUT2D eigenvalue weighted by Crippen LogP contribution is 2.29. The summed E-state index contributed by atoms with van der Waals surface area (Å²) >= 11 is 0. The Labute approximate surface area is 110 Å². The van der Waals surface area contributed by atoms with E-state index in [9.17, 15) is 0 Å². The van der Waals surface area contributed by atoms with Gasteiger partial charge >= 0.3 is 0 Å². The maximum absolute atomic E-state index is 5.53. The monoisotopic (exact) mass is 252 g/mol. The van der Waals surface area contributed by atoms with Crippen LogP contribution in [0.4, 0.5) is 0 Å². The zero-order chi connectivity index (χ0) is 13.5. The molecule has 0 saturated carbocycles. The molecule has 1 aromatic rings. The summed E-state index contributed by atoms with van der Waals surface area (Å²) in [4.78, 5) is 2.25. The normalized spacial score (nSPS) is 10.8. The van der Waals surface area contributed by atoms with Gasteiger partial charge in [0.05, 0.1) is 14.2 Å². The van der Waals surface area contributed by atoms with Gasteiger partial charge in [0, 0.05) is 18.2 Å². The summed E-state index contributed by atoms with van der Waals surface area (Å²) < 4.78 is 10.7. The van der Waals surface area contributed by atoms with Gasteiger partial charge in [0.25, 0.3) is 0 Å². The molecule has 2 N–H and O–H groups in total. The molecule has 0 aliphatic rings. The number of methoxy groups -OCH3 is 2. The molecule has 1 rings (SSSR count). The van der Waals surface area contributed by atoms with Crippen LogP contribution in [0.2, 0.25) is 0 Å². The highest BCUT2D eigenvalue weighted by molar-refractivity contribution is 5.46. The van der Waals surface area contributed by atoms with Crippen LogP contribution in [-0.4, -0.2) is 39.3 Å². The van der Waals surface area contributed by atoms with E-state index in [0.717, 1.165) is 37.6 Å². The third-order valence-electron chi connectivity index (χ3n) is 3.03. The molecular formula is C14H24N2O2. The Morgan fingerprint density at radius 1 is 1.22 bits per heavy atom. The maximum atomic E-state index is 5.53. The van der Waals surface area contributed by atoms with Crippen molar-refractivity contribution in [3.8, 4) is 11.5 Å². The Morgan fingerprint density at radius 2 is 1.94 bits per heavy atom. The second-order valence-corrected chi connectivity index (χ2v) is 4.51. The Morgan fingerprint density at radius 3 is 2.50 bits per heavy atom. The zero-order valence-electron chi connectivity index (χ0n) is 11.8. The summed E-state index contributed by atoms with van der Waals surface area (Å²) in [5, 5.41) is 0. The fourth-order valence-corrected chi connectivity index (χ4v) is 1.97. The number of benzene rings is 1. The van der Waals surface area contributed by atoms with E-state index in [4.69, 9.17) is 15.2 Å². The second-order valence-electron chi connectivity index (χ2n) is 4.51. The topological polar surface area (TPSA) is 47.7 Å². The van der Waals surface area contributed by atoms with E-state index in [1.807, 2.05) is 12.1 Å². The zero-order valence-corrected chi connectivity index (χ0v) is 11.8. The minimum atomic E-state index is 0.725. The predicted molar refractivity (Wildman–Crippen MR) is 74.3 cm³/mol. The van der Waals surface area contributed by atoms with Gasteiger partial charge < -0.3 is 20.1 Å². The summed E-state index contributed by atoms with van der Waals surface area (Å²) in [7, 11) is 5.46. The van der Waals surface area contributed by atoms with Crippen molar-refractivity contribution in [2.45, 2.75) is 19.9 Å². The maximum Gasteiger partial charge on any atom is 0.127 e. The molecule has 0 heterocycles. The fraction of sp³-hybridized carbons (Fsp3) is 0.571. The largest absolute Gasteiger partial charge is 0.497 e. The Balaban J connectivity index is 2.86. The first-order valence-electron chi connectivity index (χ1n) is 6.22. The Hall–Kier alpha value is -1.26. The summed E-state index contributed by atoms with van der Waals surface area (Å²) in [6.45, 7) is 4.66. The van der Waals surface area contributed by atoms with Crippen LogP contribution in [-0.2, 0) is 6.54 Å². The standard InChI is InChI=1S/C14H24N2O2/c1-11-8-12(17-3)9-14(18-4)13(11)10-16(2)7-5-6-15/h8-9H,5-7,10,15H2,1-4H3. The summed E-state index contributed by atoms with van der Waals surface area (Å²) in [5.74, 6) is 1.71. The Kier molecular flexibility index (Phi) is 5.95. The quantitative estimate of drug-likeness (QED) is 0.804. The molecule has 102 valence electrons. The predicted octanol–water partition coefficient (Wildman–Crippen LogP) is 1.79. The van der Waals surface area contributed by atoms with E-state index < -0.39 is 0 Å². The Bertz CT molecular complexity index is 380. The van der Waals surface area contributed by atoms with Crippen LogP contribution in [0.5, 0.6) is 11.5 Å². The molecule has 0 unspecified atom stereocenters. The minimum Gasteiger partial charge on any atom is -0.497 e. The van der Waals surface area contributed by atoms with Crippen molar-refractivity contribution >= 4 is 0 Å². The lowest BCUT2D eigenvalue weighted by Gasteiger charge is -2.20. The molecule has 18 heavy (non-hydrogen) atoms. The van der Waals surface area contributed by atoms with Crippen molar-refractivity contribution in [2.24, 2.45) is 5.73 Å². The first-order chi connectivity index (χ1) is 8.62. The van der Waals surface area contributed by atoms with Crippen LogP contribution in [0.25, 0.3) is 0 Å². The molecule has 0 aliphatic carbocycles.